The molecule has 1 fully saturated rings. The third-order valence-electron chi connectivity index (χ3n) is 3.94. The van der Waals surface area contributed by atoms with E-state index in [0.717, 1.165) is 25.7 Å². The number of nitrogens with one attached hydrogen (secondary N) is 2. The van der Waals surface area contributed by atoms with Crippen LogP contribution in [0.3, 0.4) is 0 Å². The van der Waals surface area contributed by atoms with Crippen LogP contribution in [0.15, 0.2) is 0 Å². The average molecular weight is 256 g/mol. The van der Waals surface area contributed by atoms with Gasteiger partial charge in [-0.1, -0.05) is 13.8 Å². The molecule has 2 N–H and O–H groups in total. The largest absolute Gasteiger partial charge is 0.380 e. The normalized spacial score (nSPS) is 25.4. The first-order valence-corrected chi connectivity index (χ1v) is 7.21. The van der Waals surface area contributed by atoms with Crippen LogP contribution in [0.4, 0.5) is 0 Å². The monoisotopic (exact) mass is 256 g/mol. The van der Waals surface area contributed by atoms with E-state index < -0.39 is 0 Å². The molecule has 0 heterocycles. The molecule has 1 aliphatic rings. The van der Waals surface area contributed by atoms with Gasteiger partial charge in [0.15, 0.2) is 0 Å². The number of amides is 1. The quantitative estimate of drug-likeness (QED) is 0.731. The molecule has 1 saturated carbocycles. The molecule has 1 amide bonds. The van der Waals surface area contributed by atoms with Crippen molar-refractivity contribution in [2.45, 2.75) is 77.1 Å². The van der Waals surface area contributed by atoms with Gasteiger partial charge in [0.05, 0.1) is 12.1 Å². The van der Waals surface area contributed by atoms with Gasteiger partial charge in [-0.25, -0.2) is 0 Å². The Labute approximate surface area is 111 Å². The van der Waals surface area contributed by atoms with E-state index >= 15 is 0 Å². The second kappa shape index (κ2) is 7.74. The number of carbonyl (C=O) groups excluding carboxylic acids is 1. The molecule has 0 aromatic rings. The molecule has 0 aromatic heterocycles. The summed E-state index contributed by atoms with van der Waals surface area (Å²) in [5.41, 5.74) is 0. The van der Waals surface area contributed by atoms with Crippen LogP contribution in [-0.4, -0.2) is 37.2 Å². The van der Waals surface area contributed by atoms with E-state index in [9.17, 15) is 4.79 Å². The van der Waals surface area contributed by atoms with Gasteiger partial charge in [-0.2, -0.15) is 0 Å². The maximum Gasteiger partial charge on any atom is 0.237 e. The van der Waals surface area contributed by atoms with E-state index in [-0.39, 0.29) is 18.1 Å². The second-order valence-electron chi connectivity index (χ2n) is 5.22. The summed E-state index contributed by atoms with van der Waals surface area (Å²) >= 11 is 0. The number of methoxy groups -OCH3 is 1. The highest BCUT2D eigenvalue weighted by molar-refractivity contribution is 5.81. The highest BCUT2D eigenvalue weighted by Gasteiger charge is 2.29. The molecule has 3 unspecified atom stereocenters. The molecule has 18 heavy (non-hydrogen) atoms. The van der Waals surface area contributed by atoms with Crippen molar-refractivity contribution in [3.8, 4) is 0 Å². The van der Waals surface area contributed by atoms with Crippen molar-refractivity contribution in [2.24, 2.45) is 0 Å². The van der Waals surface area contributed by atoms with Crippen molar-refractivity contribution in [2.75, 3.05) is 7.11 Å². The van der Waals surface area contributed by atoms with Gasteiger partial charge in [0, 0.05) is 19.2 Å². The number of hydrogen-bond donors (Lipinski definition) is 2. The third-order valence-corrected chi connectivity index (χ3v) is 3.94. The Kier molecular flexibility index (Phi) is 6.65. The van der Waals surface area contributed by atoms with Crippen LogP contribution in [0, 0.1) is 0 Å². The first-order valence-electron chi connectivity index (χ1n) is 7.21. The molecule has 3 atom stereocenters. The van der Waals surface area contributed by atoms with E-state index in [4.69, 9.17) is 4.74 Å². The fourth-order valence-corrected chi connectivity index (χ4v) is 2.61. The lowest BCUT2D eigenvalue weighted by molar-refractivity contribution is -0.123. The summed E-state index contributed by atoms with van der Waals surface area (Å²) in [6.45, 7) is 6.14. The van der Waals surface area contributed by atoms with E-state index in [0.29, 0.717) is 12.1 Å². The molecule has 0 bridgehead atoms. The number of rotatable bonds is 7. The minimum Gasteiger partial charge on any atom is -0.380 e. The van der Waals surface area contributed by atoms with Gasteiger partial charge < -0.3 is 15.4 Å². The highest BCUT2D eigenvalue weighted by atomic mass is 16.5. The standard InChI is InChI=1S/C14H28N2O2/c1-5-11(6-2)16-14(17)10(3)15-12-8-7-9-13(12)18-4/h10-13,15H,5-9H2,1-4H3,(H,16,17). The molecule has 0 aromatic carbocycles. The molecular formula is C14H28N2O2. The number of hydrogen-bond acceptors (Lipinski definition) is 3. The Hall–Kier alpha value is -0.610. The second-order valence-corrected chi connectivity index (χ2v) is 5.22. The number of carbonyl (C=O) groups is 1. The van der Waals surface area contributed by atoms with Crippen LogP contribution in [-0.2, 0) is 9.53 Å². The Morgan fingerprint density at radius 2 is 2.00 bits per heavy atom. The highest BCUT2D eigenvalue weighted by Crippen LogP contribution is 2.21. The summed E-state index contributed by atoms with van der Waals surface area (Å²) in [6, 6.07) is 0.465. The molecule has 1 aliphatic carbocycles. The van der Waals surface area contributed by atoms with E-state index in [1.165, 1.54) is 6.42 Å². The average Bonchev–Trinajstić information content (AvgIpc) is 2.82. The Morgan fingerprint density at radius 3 is 2.56 bits per heavy atom. The predicted octanol–water partition coefficient (Wildman–Crippen LogP) is 1.84. The van der Waals surface area contributed by atoms with Crippen LogP contribution in [0.5, 0.6) is 0 Å². The first kappa shape index (κ1) is 15.4. The Bertz CT molecular complexity index is 254. The minimum absolute atomic E-state index is 0.102. The van der Waals surface area contributed by atoms with Gasteiger partial charge in [-0.05, 0) is 39.0 Å². The van der Waals surface area contributed by atoms with Gasteiger partial charge in [-0.3, -0.25) is 4.79 Å². The molecule has 1 rings (SSSR count). The molecule has 0 saturated heterocycles. The van der Waals surface area contributed by atoms with Crippen molar-refractivity contribution >= 4 is 5.91 Å². The topological polar surface area (TPSA) is 50.4 Å². The molecular weight excluding hydrogens is 228 g/mol. The van der Waals surface area contributed by atoms with Gasteiger partial charge >= 0.3 is 0 Å². The molecule has 4 heteroatoms. The first-order chi connectivity index (χ1) is 8.62. The lowest BCUT2D eigenvalue weighted by Crippen LogP contribution is -2.51. The smallest absolute Gasteiger partial charge is 0.237 e. The zero-order valence-electron chi connectivity index (χ0n) is 12.2. The molecule has 0 aliphatic heterocycles. The van der Waals surface area contributed by atoms with Gasteiger partial charge in [-0.15, -0.1) is 0 Å². The lowest BCUT2D eigenvalue weighted by Gasteiger charge is -2.25. The van der Waals surface area contributed by atoms with Gasteiger partial charge in [0.1, 0.15) is 0 Å². The molecule has 4 nitrogen and oxygen atoms in total. The molecule has 106 valence electrons. The maximum atomic E-state index is 12.0. The van der Waals surface area contributed by atoms with Gasteiger partial charge in [0.2, 0.25) is 5.91 Å². The minimum atomic E-state index is -0.147. The van der Waals surface area contributed by atoms with Crippen molar-refractivity contribution in [1.29, 1.82) is 0 Å². The Balaban J connectivity index is 2.39. The summed E-state index contributed by atoms with van der Waals surface area (Å²) in [6.07, 6.45) is 5.60. The summed E-state index contributed by atoms with van der Waals surface area (Å²) in [7, 11) is 1.75. The molecule has 0 radical (unpaired) electrons. The van der Waals surface area contributed by atoms with Crippen molar-refractivity contribution < 1.29 is 9.53 Å². The van der Waals surface area contributed by atoms with Crippen molar-refractivity contribution in [3.63, 3.8) is 0 Å². The molecule has 0 spiro atoms. The Morgan fingerprint density at radius 1 is 1.33 bits per heavy atom. The van der Waals surface area contributed by atoms with Crippen LogP contribution in [0.25, 0.3) is 0 Å². The van der Waals surface area contributed by atoms with E-state index in [2.05, 4.69) is 24.5 Å². The fraction of sp³-hybridized carbons (Fsp3) is 0.929. The zero-order valence-corrected chi connectivity index (χ0v) is 12.2. The third kappa shape index (κ3) is 4.25. The van der Waals surface area contributed by atoms with Crippen molar-refractivity contribution in [3.05, 3.63) is 0 Å². The zero-order chi connectivity index (χ0) is 13.5. The summed E-state index contributed by atoms with van der Waals surface area (Å²) in [4.78, 5) is 12.0. The summed E-state index contributed by atoms with van der Waals surface area (Å²) in [5.74, 6) is 0.102. The lowest BCUT2D eigenvalue weighted by atomic mass is 10.1. The SMILES string of the molecule is CCC(CC)NC(=O)C(C)NC1CCCC1OC. The van der Waals surface area contributed by atoms with Crippen LogP contribution in [0.2, 0.25) is 0 Å². The van der Waals surface area contributed by atoms with Crippen LogP contribution < -0.4 is 10.6 Å². The van der Waals surface area contributed by atoms with Crippen LogP contribution >= 0.6 is 0 Å². The van der Waals surface area contributed by atoms with E-state index in [1.807, 2.05) is 6.92 Å². The summed E-state index contributed by atoms with van der Waals surface area (Å²) < 4.78 is 5.43. The van der Waals surface area contributed by atoms with Crippen LogP contribution in [0.1, 0.15) is 52.9 Å². The maximum absolute atomic E-state index is 12.0. The van der Waals surface area contributed by atoms with Gasteiger partial charge in [0.25, 0.3) is 0 Å². The van der Waals surface area contributed by atoms with Crippen molar-refractivity contribution in [1.82, 2.24) is 10.6 Å². The summed E-state index contributed by atoms with van der Waals surface area (Å²) in [5, 5.41) is 6.48. The van der Waals surface area contributed by atoms with E-state index in [1.54, 1.807) is 7.11 Å². The fourth-order valence-electron chi connectivity index (χ4n) is 2.61. The predicted molar refractivity (Wildman–Crippen MR) is 73.5 cm³/mol. The number of ether oxygens (including phenoxy) is 1.